The number of rotatable bonds is 6. The lowest BCUT2D eigenvalue weighted by Gasteiger charge is -2.19. The van der Waals surface area contributed by atoms with Crippen LogP contribution in [0.5, 0.6) is 5.75 Å². The van der Waals surface area contributed by atoms with E-state index in [1.54, 1.807) is 25.3 Å². The maximum atomic E-state index is 12.7. The van der Waals surface area contributed by atoms with Gasteiger partial charge in [0.15, 0.2) is 5.78 Å². The summed E-state index contributed by atoms with van der Waals surface area (Å²) >= 11 is 0. The number of ether oxygens (including phenoxy) is 1. The quantitative estimate of drug-likeness (QED) is 0.763. The second kappa shape index (κ2) is 6.93. The summed E-state index contributed by atoms with van der Waals surface area (Å²) in [4.78, 5) is 11.5. The highest BCUT2D eigenvalue weighted by Gasteiger charge is 2.22. The Balaban J connectivity index is 2.32. The van der Waals surface area contributed by atoms with Gasteiger partial charge in [0.05, 0.1) is 12.0 Å². The third-order valence-corrected chi connectivity index (χ3v) is 5.33. The molecular weight excluding hydrogens is 314 g/mol. The molecule has 6 heteroatoms. The maximum absolute atomic E-state index is 12.7. The second-order valence-electron chi connectivity index (χ2n) is 5.16. The molecule has 23 heavy (non-hydrogen) atoms. The Labute approximate surface area is 136 Å². The van der Waals surface area contributed by atoms with Crippen molar-refractivity contribution in [2.24, 2.45) is 0 Å². The smallest absolute Gasteiger partial charge is 0.243 e. The van der Waals surface area contributed by atoms with Gasteiger partial charge in [0, 0.05) is 24.7 Å². The number of sulfonamides is 1. The van der Waals surface area contributed by atoms with Gasteiger partial charge in [-0.15, -0.1) is 0 Å². The summed E-state index contributed by atoms with van der Waals surface area (Å²) in [5, 5.41) is 0. The first-order valence-electron chi connectivity index (χ1n) is 7.05. The Morgan fingerprint density at radius 3 is 2.48 bits per heavy atom. The van der Waals surface area contributed by atoms with E-state index in [0.717, 1.165) is 5.56 Å². The Hall–Kier alpha value is -2.18. The fourth-order valence-electron chi connectivity index (χ4n) is 2.21. The lowest BCUT2D eigenvalue weighted by Crippen LogP contribution is -2.26. The number of hydrogen-bond acceptors (Lipinski definition) is 4. The molecule has 2 aromatic rings. The summed E-state index contributed by atoms with van der Waals surface area (Å²) in [6.45, 7) is 1.58. The summed E-state index contributed by atoms with van der Waals surface area (Å²) in [7, 11) is -0.645. The number of para-hydroxylation sites is 1. The summed E-state index contributed by atoms with van der Waals surface area (Å²) in [6, 6.07) is 13.3. The maximum Gasteiger partial charge on any atom is 0.243 e. The number of hydrogen-bond donors (Lipinski definition) is 0. The van der Waals surface area contributed by atoms with Crippen LogP contribution >= 0.6 is 0 Å². The zero-order valence-corrected chi connectivity index (χ0v) is 14.1. The molecule has 0 bridgehead atoms. The number of Topliss-reactive ketones (excluding diaryl/α,β-unsaturated/α-hetero) is 1. The lowest BCUT2D eigenvalue weighted by atomic mass is 10.2. The van der Waals surface area contributed by atoms with Crippen molar-refractivity contribution in [3.63, 3.8) is 0 Å². The van der Waals surface area contributed by atoms with Gasteiger partial charge in [-0.2, -0.15) is 4.31 Å². The molecule has 0 aromatic heterocycles. The van der Waals surface area contributed by atoms with Crippen LogP contribution in [0.25, 0.3) is 0 Å². The molecular formula is C17H19NO4S. The molecule has 0 atom stereocenters. The number of methoxy groups -OCH3 is 1. The van der Waals surface area contributed by atoms with Gasteiger partial charge in [0.2, 0.25) is 10.0 Å². The number of carbonyl (C=O) groups is 1. The van der Waals surface area contributed by atoms with Crippen LogP contribution in [0.15, 0.2) is 53.4 Å². The average Bonchev–Trinajstić information content (AvgIpc) is 2.55. The zero-order chi connectivity index (χ0) is 17.0. The molecule has 0 fully saturated rings. The number of nitrogens with zero attached hydrogens (tertiary/aromatic N) is 1. The topological polar surface area (TPSA) is 63.7 Å². The largest absolute Gasteiger partial charge is 0.496 e. The van der Waals surface area contributed by atoms with Crippen molar-refractivity contribution >= 4 is 15.8 Å². The summed E-state index contributed by atoms with van der Waals surface area (Å²) < 4.78 is 31.9. The van der Waals surface area contributed by atoms with Gasteiger partial charge in [0.25, 0.3) is 0 Å². The molecule has 0 N–H and O–H groups in total. The van der Waals surface area contributed by atoms with Crippen LogP contribution in [-0.2, 0) is 16.6 Å². The average molecular weight is 333 g/mol. The Morgan fingerprint density at radius 1 is 1.13 bits per heavy atom. The number of carbonyl (C=O) groups excluding carboxylic acids is 1. The zero-order valence-electron chi connectivity index (χ0n) is 13.3. The molecule has 0 aliphatic carbocycles. The summed E-state index contributed by atoms with van der Waals surface area (Å²) in [5.41, 5.74) is 1.14. The molecule has 0 amide bonds. The molecule has 0 radical (unpaired) electrons. The van der Waals surface area contributed by atoms with Gasteiger partial charge < -0.3 is 4.74 Å². The highest BCUT2D eigenvalue weighted by molar-refractivity contribution is 7.89. The molecule has 5 nitrogen and oxygen atoms in total. The Bertz CT molecular complexity index is 815. The predicted octanol–water partition coefficient (Wildman–Crippen LogP) is 2.72. The summed E-state index contributed by atoms with van der Waals surface area (Å²) in [5.74, 6) is 0.460. The van der Waals surface area contributed by atoms with Crippen LogP contribution in [0.2, 0.25) is 0 Å². The fourth-order valence-corrected chi connectivity index (χ4v) is 3.41. The van der Waals surface area contributed by atoms with Crippen LogP contribution in [-0.4, -0.2) is 32.7 Å². The van der Waals surface area contributed by atoms with Gasteiger partial charge in [-0.05, 0) is 25.1 Å². The first kappa shape index (κ1) is 17.2. The molecule has 0 saturated heterocycles. The molecule has 0 spiro atoms. The van der Waals surface area contributed by atoms with Crippen molar-refractivity contribution in [2.75, 3.05) is 14.2 Å². The summed E-state index contributed by atoms with van der Waals surface area (Å²) in [6.07, 6.45) is 0. The number of ketones is 1. The molecule has 0 aliphatic rings. The normalized spacial score (nSPS) is 11.5. The Kier molecular flexibility index (Phi) is 5.18. The molecule has 0 aliphatic heterocycles. The van der Waals surface area contributed by atoms with E-state index < -0.39 is 10.0 Å². The van der Waals surface area contributed by atoms with Crippen LogP contribution in [0.1, 0.15) is 22.8 Å². The first-order chi connectivity index (χ1) is 10.9. The van der Waals surface area contributed by atoms with Crippen molar-refractivity contribution < 1.29 is 17.9 Å². The predicted molar refractivity (Wildman–Crippen MR) is 88.1 cm³/mol. The van der Waals surface area contributed by atoms with Crippen LogP contribution in [0, 0.1) is 0 Å². The molecule has 2 rings (SSSR count). The van der Waals surface area contributed by atoms with E-state index in [0.29, 0.717) is 11.3 Å². The molecule has 0 unspecified atom stereocenters. The minimum absolute atomic E-state index is 0.0996. The molecule has 2 aromatic carbocycles. The lowest BCUT2D eigenvalue weighted by molar-refractivity contribution is 0.101. The van der Waals surface area contributed by atoms with Crippen LogP contribution in [0.3, 0.4) is 0 Å². The van der Waals surface area contributed by atoms with Gasteiger partial charge >= 0.3 is 0 Å². The van der Waals surface area contributed by atoms with Crippen LogP contribution < -0.4 is 4.74 Å². The molecule has 0 heterocycles. The van der Waals surface area contributed by atoms with E-state index in [4.69, 9.17) is 4.74 Å². The van der Waals surface area contributed by atoms with E-state index in [-0.39, 0.29) is 17.2 Å². The highest BCUT2D eigenvalue weighted by Crippen LogP contribution is 2.23. The fraction of sp³-hybridized carbons (Fsp3) is 0.235. The van der Waals surface area contributed by atoms with E-state index in [1.165, 1.54) is 30.4 Å². The van der Waals surface area contributed by atoms with Crippen LogP contribution in [0.4, 0.5) is 0 Å². The van der Waals surface area contributed by atoms with E-state index in [9.17, 15) is 13.2 Å². The SMILES string of the molecule is COc1ccccc1CN(C)S(=O)(=O)c1cccc(C(C)=O)c1. The van der Waals surface area contributed by atoms with E-state index in [1.807, 2.05) is 18.2 Å². The van der Waals surface area contributed by atoms with Crippen molar-refractivity contribution in [3.05, 3.63) is 59.7 Å². The van der Waals surface area contributed by atoms with E-state index >= 15 is 0 Å². The van der Waals surface area contributed by atoms with Gasteiger partial charge in [0.1, 0.15) is 5.75 Å². The monoisotopic (exact) mass is 333 g/mol. The minimum atomic E-state index is -3.69. The third-order valence-electron chi connectivity index (χ3n) is 3.53. The Morgan fingerprint density at radius 2 is 1.83 bits per heavy atom. The van der Waals surface area contributed by atoms with Crippen molar-refractivity contribution in [1.82, 2.24) is 4.31 Å². The molecule has 0 saturated carbocycles. The van der Waals surface area contributed by atoms with Crippen molar-refractivity contribution in [2.45, 2.75) is 18.4 Å². The molecule has 122 valence electrons. The highest BCUT2D eigenvalue weighted by atomic mass is 32.2. The minimum Gasteiger partial charge on any atom is -0.496 e. The number of benzene rings is 2. The van der Waals surface area contributed by atoms with Gasteiger partial charge in [-0.3, -0.25) is 4.79 Å². The third kappa shape index (κ3) is 3.78. The van der Waals surface area contributed by atoms with Crippen molar-refractivity contribution in [3.8, 4) is 5.75 Å². The van der Waals surface area contributed by atoms with E-state index in [2.05, 4.69) is 0 Å². The van der Waals surface area contributed by atoms with Gasteiger partial charge in [-0.25, -0.2) is 8.42 Å². The van der Waals surface area contributed by atoms with Gasteiger partial charge in [-0.1, -0.05) is 30.3 Å². The van der Waals surface area contributed by atoms with Crippen molar-refractivity contribution in [1.29, 1.82) is 0 Å². The second-order valence-corrected chi connectivity index (χ2v) is 7.20. The standard InChI is InChI=1S/C17H19NO4S/c1-13(19)14-8-6-9-16(11-14)23(20,21)18(2)12-15-7-4-5-10-17(15)22-3/h4-11H,12H2,1-3H3. The first-order valence-corrected chi connectivity index (χ1v) is 8.49.